The topological polar surface area (TPSA) is 57.3 Å². The first-order chi connectivity index (χ1) is 10.7. The Bertz CT molecular complexity index is 490. The summed E-state index contributed by atoms with van der Waals surface area (Å²) in [5, 5.41) is 7.09. The van der Waals surface area contributed by atoms with Crippen molar-refractivity contribution in [2.75, 3.05) is 13.1 Å². The Morgan fingerprint density at radius 1 is 1.32 bits per heavy atom. The molecule has 2 amide bonds. The molecule has 0 spiro atoms. The smallest absolute Gasteiger partial charge is 0.315 e. The molecule has 6 heteroatoms. The molecule has 0 atom stereocenters. The maximum atomic E-state index is 12.0. The molecule has 1 aliphatic carbocycles. The zero-order valence-corrected chi connectivity index (χ0v) is 14.1. The van der Waals surface area contributed by atoms with Crippen LogP contribution < -0.4 is 10.6 Å². The van der Waals surface area contributed by atoms with Crippen LogP contribution in [0, 0.1) is 6.92 Å². The Kier molecular flexibility index (Phi) is 5.31. The van der Waals surface area contributed by atoms with Crippen molar-refractivity contribution in [2.45, 2.75) is 64.1 Å². The molecule has 0 radical (unpaired) electrons. The van der Waals surface area contributed by atoms with E-state index in [0.717, 1.165) is 41.9 Å². The lowest BCUT2D eigenvalue weighted by Crippen LogP contribution is -2.49. The van der Waals surface area contributed by atoms with E-state index in [9.17, 15) is 4.79 Å². The monoisotopic (exact) mass is 322 g/mol. The van der Waals surface area contributed by atoms with Crippen LogP contribution in [0.1, 0.15) is 48.4 Å². The molecule has 1 aromatic rings. The fourth-order valence-corrected chi connectivity index (χ4v) is 4.30. The van der Waals surface area contributed by atoms with Gasteiger partial charge in [0.15, 0.2) is 0 Å². The Hall–Kier alpha value is -1.14. The number of carbonyl (C=O) groups excluding carboxylic acids is 1. The van der Waals surface area contributed by atoms with Gasteiger partial charge in [-0.2, -0.15) is 0 Å². The summed E-state index contributed by atoms with van der Waals surface area (Å²) in [6, 6.07) is 1.08. The van der Waals surface area contributed by atoms with E-state index < -0.39 is 0 Å². The van der Waals surface area contributed by atoms with Gasteiger partial charge in [-0.05, 0) is 32.6 Å². The number of piperidine rings is 1. The highest BCUT2D eigenvalue weighted by Crippen LogP contribution is 2.26. The maximum Gasteiger partial charge on any atom is 0.315 e. The molecule has 2 heterocycles. The van der Waals surface area contributed by atoms with Crippen LogP contribution in [0.15, 0.2) is 6.20 Å². The number of hydrogen-bond donors (Lipinski definition) is 2. The summed E-state index contributed by atoms with van der Waals surface area (Å²) in [7, 11) is 0. The van der Waals surface area contributed by atoms with Crippen LogP contribution in [0.25, 0.3) is 0 Å². The first-order valence-corrected chi connectivity index (χ1v) is 9.22. The number of amides is 2. The number of aryl methyl sites for hydroxylation is 1. The lowest BCUT2D eigenvalue weighted by atomic mass is 10.0. The summed E-state index contributed by atoms with van der Waals surface area (Å²) in [6.45, 7) is 4.80. The molecule has 22 heavy (non-hydrogen) atoms. The van der Waals surface area contributed by atoms with E-state index in [2.05, 4.69) is 20.5 Å². The van der Waals surface area contributed by atoms with Crippen molar-refractivity contribution >= 4 is 17.4 Å². The summed E-state index contributed by atoms with van der Waals surface area (Å²) in [5.41, 5.74) is 0. The van der Waals surface area contributed by atoms with E-state index in [1.807, 2.05) is 13.1 Å². The van der Waals surface area contributed by atoms with Gasteiger partial charge in [0.1, 0.15) is 0 Å². The van der Waals surface area contributed by atoms with E-state index in [-0.39, 0.29) is 6.03 Å². The van der Waals surface area contributed by atoms with Crippen LogP contribution in [-0.2, 0) is 6.54 Å². The second-order valence-corrected chi connectivity index (χ2v) is 7.74. The number of urea groups is 1. The van der Waals surface area contributed by atoms with Gasteiger partial charge in [-0.3, -0.25) is 0 Å². The van der Waals surface area contributed by atoms with Crippen molar-refractivity contribution in [3.05, 3.63) is 16.1 Å². The molecule has 1 aromatic heterocycles. The van der Waals surface area contributed by atoms with Gasteiger partial charge in [0.2, 0.25) is 0 Å². The van der Waals surface area contributed by atoms with Crippen LogP contribution in [0.4, 0.5) is 4.79 Å². The standard InChI is InChI=1S/C16H26N4OS/c1-12-17-10-15(22-12)11-18-16(21)19-13-6-8-20(9-7-13)14-4-2-3-5-14/h10,13-14H,2-9,11H2,1H3,(H2,18,19,21). The molecule has 2 fully saturated rings. The molecule has 2 aliphatic rings. The fraction of sp³-hybridized carbons (Fsp3) is 0.750. The molecule has 0 unspecified atom stereocenters. The van der Waals surface area contributed by atoms with E-state index in [1.165, 1.54) is 25.7 Å². The van der Waals surface area contributed by atoms with Gasteiger partial charge >= 0.3 is 6.03 Å². The van der Waals surface area contributed by atoms with Gasteiger partial charge in [0.05, 0.1) is 11.6 Å². The lowest BCUT2D eigenvalue weighted by Gasteiger charge is -2.36. The van der Waals surface area contributed by atoms with Crippen molar-refractivity contribution in [2.24, 2.45) is 0 Å². The minimum Gasteiger partial charge on any atom is -0.335 e. The first kappa shape index (κ1) is 15.7. The van der Waals surface area contributed by atoms with Crippen molar-refractivity contribution in [3.8, 4) is 0 Å². The summed E-state index contributed by atoms with van der Waals surface area (Å²) >= 11 is 1.63. The van der Waals surface area contributed by atoms with Gasteiger partial charge in [-0.15, -0.1) is 11.3 Å². The highest BCUT2D eigenvalue weighted by atomic mass is 32.1. The normalized spacial score (nSPS) is 21.1. The van der Waals surface area contributed by atoms with Gasteiger partial charge in [-0.1, -0.05) is 12.8 Å². The first-order valence-electron chi connectivity index (χ1n) is 8.40. The fourth-order valence-electron chi connectivity index (χ4n) is 3.57. The summed E-state index contributed by atoms with van der Waals surface area (Å²) in [6.07, 6.45) is 9.50. The van der Waals surface area contributed by atoms with Gasteiger partial charge in [0, 0.05) is 36.2 Å². The van der Waals surface area contributed by atoms with Crippen LogP contribution >= 0.6 is 11.3 Å². The third-order valence-corrected chi connectivity index (χ3v) is 5.71. The Morgan fingerprint density at radius 3 is 2.68 bits per heavy atom. The Balaban J connectivity index is 1.36. The van der Waals surface area contributed by atoms with Crippen LogP contribution in [0.2, 0.25) is 0 Å². The van der Waals surface area contributed by atoms with Crippen molar-refractivity contribution in [1.29, 1.82) is 0 Å². The van der Waals surface area contributed by atoms with Gasteiger partial charge in [0.25, 0.3) is 0 Å². The third-order valence-electron chi connectivity index (χ3n) is 4.80. The van der Waals surface area contributed by atoms with E-state index in [1.54, 1.807) is 11.3 Å². The molecule has 1 saturated carbocycles. The lowest BCUT2D eigenvalue weighted by molar-refractivity contribution is 0.145. The Labute approximate surface area is 136 Å². The molecule has 1 aliphatic heterocycles. The second kappa shape index (κ2) is 7.42. The number of nitrogens with zero attached hydrogens (tertiary/aromatic N) is 2. The predicted molar refractivity (Wildman–Crippen MR) is 89.1 cm³/mol. The number of aromatic nitrogens is 1. The number of likely N-dealkylation sites (tertiary alicyclic amines) is 1. The summed E-state index contributed by atoms with van der Waals surface area (Å²) in [5.74, 6) is 0. The molecule has 0 bridgehead atoms. The number of nitrogens with one attached hydrogen (secondary N) is 2. The minimum absolute atomic E-state index is 0.0506. The van der Waals surface area contributed by atoms with Crippen molar-refractivity contribution < 1.29 is 4.79 Å². The summed E-state index contributed by atoms with van der Waals surface area (Å²) in [4.78, 5) is 19.9. The zero-order valence-electron chi connectivity index (χ0n) is 13.3. The second-order valence-electron chi connectivity index (χ2n) is 6.42. The number of rotatable bonds is 4. The largest absolute Gasteiger partial charge is 0.335 e. The average molecular weight is 322 g/mol. The predicted octanol–water partition coefficient (Wildman–Crippen LogP) is 2.66. The highest BCUT2D eigenvalue weighted by Gasteiger charge is 2.27. The number of carbonyl (C=O) groups is 1. The molecule has 3 rings (SSSR count). The van der Waals surface area contributed by atoms with E-state index in [4.69, 9.17) is 0 Å². The van der Waals surface area contributed by atoms with Gasteiger partial charge in [-0.25, -0.2) is 9.78 Å². The third kappa shape index (κ3) is 4.20. The maximum absolute atomic E-state index is 12.0. The molecule has 2 N–H and O–H groups in total. The van der Waals surface area contributed by atoms with Crippen LogP contribution in [-0.4, -0.2) is 41.1 Å². The van der Waals surface area contributed by atoms with Crippen LogP contribution in [0.3, 0.4) is 0 Å². The van der Waals surface area contributed by atoms with Gasteiger partial charge < -0.3 is 15.5 Å². The quantitative estimate of drug-likeness (QED) is 0.896. The highest BCUT2D eigenvalue weighted by molar-refractivity contribution is 7.11. The number of thiazole rings is 1. The molecule has 1 saturated heterocycles. The zero-order chi connectivity index (χ0) is 15.4. The SMILES string of the molecule is Cc1ncc(CNC(=O)NC2CCN(C3CCCC3)CC2)s1. The molecular formula is C16H26N4OS. The molecule has 0 aromatic carbocycles. The average Bonchev–Trinajstić information content (AvgIpc) is 3.17. The van der Waals surface area contributed by atoms with Crippen LogP contribution in [0.5, 0.6) is 0 Å². The number of hydrogen-bond acceptors (Lipinski definition) is 4. The molecule has 122 valence electrons. The van der Waals surface area contributed by atoms with E-state index >= 15 is 0 Å². The summed E-state index contributed by atoms with van der Waals surface area (Å²) < 4.78 is 0. The van der Waals surface area contributed by atoms with E-state index in [0.29, 0.717) is 12.6 Å². The molecule has 5 nitrogen and oxygen atoms in total. The van der Waals surface area contributed by atoms with Crippen molar-refractivity contribution in [3.63, 3.8) is 0 Å². The van der Waals surface area contributed by atoms with Crippen molar-refractivity contribution in [1.82, 2.24) is 20.5 Å². The Morgan fingerprint density at radius 2 is 2.05 bits per heavy atom. The molecular weight excluding hydrogens is 296 g/mol. The minimum atomic E-state index is -0.0506.